The summed E-state index contributed by atoms with van der Waals surface area (Å²) in [5.41, 5.74) is 5.86. The molecule has 0 saturated carbocycles. The number of hydrogen-bond donors (Lipinski definition) is 1. The molecule has 1 N–H and O–H groups in total. The van der Waals surface area contributed by atoms with Gasteiger partial charge < -0.3 is 4.90 Å². The van der Waals surface area contributed by atoms with E-state index in [1.807, 2.05) is 18.5 Å². The summed E-state index contributed by atoms with van der Waals surface area (Å²) in [5.74, 6) is 0.305. The van der Waals surface area contributed by atoms with Crippen molar-refractivity contribution in [1.29, 1.82) is 0 Å². The highest BCUT2D eigenvalue weighted by molar-refractivity contribution is 5.78. The van der Waals surface area contributed by atoms with Crippen LogP contribution in [-0.2, 0) is 6.54 Å². The lowest BCUT2D eigenvalue weighted by molar-refractivity contribution is 0.295. The van der Waals surface area contributed by atoms with Crippen LogP contribution in [0, 0.1) is 0 Å². The molecule has 27 heavy (non-hydrogen) atoms. The van der Waals surface area contributed by atoms with Gasteiger partial charge in [-0.15, -0.1) is 0 Å². The minimum absolute atomic E-state index is 0.0106. The van der Waals surface area contributed by atoms with E-state index in [-0.39, 0.29) is 5.56 Å². The van der Waals surface area contributed by atoms with Gasteiger partial charge in [-0.3, -0.25) is 14.5 Å². The van der Waals surface area contributed by atoms with Crippen LogP contribution in [0.1, 0.15) is 22.6 Å². The van der Waals surface area contributed by atoms with E-state index < -0.39 is 0 Å². The molecule has 1 unspecified atom stereocenters. The van der Waals surface area contributed by atoms with Crippen LogP contribution in [0.4, 0.5) is 0 Å². The van der Waals surface area contributed by atoms with Gasteiger partial charge in [-0.25, -0.2) is 0 Å². The highest BCUT2D eigenvalue weighted by atomic mass is 16.1. The number of rotatable bonds is 2. The number of likely N-dealkylation sites (N-methyl/N-ethyl adjacent to an activating group) is 1. The Labute approximate surface area is 156 Å². The zero-order valence-electron chi connectivity index (χ0n) is 15.1. The SMILES string of the molecule is CN1Cc2cc(-n3ccccc3=O)ccc2C(c2ccc3[nH]ncc3c2)C1. The molecular formula is C22H20N4O. The first-order valence-corrected chi connectivity index (χ1v) is 9.11. The topological polar surface area (TPSA) is 53.9 Å². The first-order valence-electron chi connectivity index (χ1n) is 9.11. The van der Waals surface area contributed by atoms with Crippen molar-refractivity contribution in [1.82, 2.24) is 19.7 Å². The molecule has 2 aromatic heterocycles. The maximum absolute atomic E-state index is 12.2. The first-order chi connectivity index (χ1) is 13.2. The molecule has 3 heterocycles. The number of aromatic nitrogens is 3. The molecule has 134 valence electrons. The predicted octanol–water partition coefficient (Wildman–Crippen LogP) is 3.29. The molecule has 0 bridgehead atoms. The van der Waals surface area contributed by atoms with Crippen LogP contribution in [0.15, 0.2) is 71.8 Å². The van der Waals surface area contributed by atoms with Crippen LogP contribution in [-0.4, -0.2) is 33.3 Å². The van der Waals surface area contributed by atoms with Crippen molar-refractivity contribution >= 4 is 10.9 Å². The lowest BCUT2D eigenvalue weighted by Gasteiger charge is -2.33. The van der Waals surface area contributed by atoms with Gasteiger partial charge in [0.05, 0.1) is 11.7 Å². The molecule has 0 aliphatic carbocycles. The van der Waals surface area contributed by atoms with Crippen LogP contribution in [0.5, 0.6) is 0 Å². The molecule has 0 spiro atoms. The van der Waals surface area contributed by atoms with E-state index in [9.17, 15) is 4.79 Å². The maximum atomic E-state index is 12.2. The summed E-state index contributed by atoms with van der Waals surface area (Å²) in [7, 11) is 2.15. The molecule has 0 amide bonds. The molecule has 5 rings (SSSR count). The van der Waals surface area contributed by atoms with E-state index in [4.69, 9.17) is 0 Å². The number of pyridine rings is 1. The van der Waals surface area contributed by atoms with E-state index in [0.717, 1.165) is 29.7 Å². The summed E-state index contributed by atoms with van der Waals surface area (Å²) in [6.07, 6.45) is 3.69. The number of aromatic amines is 1. The summed E-state index contributed by atoms with van der Waals surface area (Å²) < 4.78 is 1.70. The fraction of sp³-hybridized carbons (Fsp3) is 0.182. The molecule has 5 nitrogen and oxygen atoms in total. The Morgan fingerprint density at radius 2 is 2.04 bits per heavy atom. The number of nitrogens with one attached hydrogen (secondary N) is 1. The average Bonchev–Trinajstić information content (AvgIpc) is 3.15. The van der Waals surface area contributed by atoms with Crippen molar-refractivity contribution in [2.24, 2.45) is 0 Å². The van der Waals surface area contributed by atoms with E-state index in [1.54, 1.807) is 16.7 Å². The third-order valence-corrected chi connectivity index (χ3v) is 5.40. The van der Waals surface area contributed by atoms with Gasteiger partial charge in [0.1, 0.15) is 0 Å². The second-order valence-electron chi connectivity index (χ2n) is 7.26. The van der Waals surface area contributed by atoms with Crippen molar-refractivity contribution < 1.29 is 0 Å². The minimum atomic E-state index is -0.0106. The number of nitrogens with zero attached hydrogens (tertiary/aromatic N) is 3. The van der Waals surface area contributed by atoms with Gasteiger partial charge in [0.2, 0.25) is 0 Å². The Balaban J connectivity index is 1.61. The van der Waals surface area contributed by atoms with Crippen LogP contribution in [0.3, 0.4) is 0 Å². The second kappa shape index (κ2) is 6.21. The van der Waals surface area contributed by atoms with Crippen molar-refractivity contribution in [3.63, 3.8) is 0 Å². The standard InChI is InChI=1S/C22H20N4O/c1-25-13-17-11-18(26-9-3-2-4-22(26)27)6-7-19(17)20(14-25)15-5-8-21-16(10-15)12-23-24-21/h2-12,20H,13-14H2,1H3,(H,23,24). The predicted molar refractivity (Wildman–Crippen MR) is 106 cm³/mol. The molecular weight excluding hydrogens is 336 g/mol. The molecule has 1 aliphatic rings. The van der Waals surface area contributed by atoms with Crippen LogP contribution in [0.25, 0.3) is 16.6 Å². The summed E-state index contributed by atoms with van der Waals surface area (Å²) in [4.78, 5) is 14.5. The Morgan fingerprint density at radius 3 is 2.93 bits per heavy atom. The molecule has 0 radical (unpaired) electrons. The molecule has 1 atom stereocenters. The third kappa shape index (κ3) is 2.76. The van der Waals surface area contributed by atoms with Gasteiger partial charge in [-0.1, -0.05) is 18.2 Å². The summed E-state index contributed by atoms with van der Waals surface area (Å²) in [6.45, 7) is 1.86. The molecule has 4 aromatic rings. The van der Waals surface area contributed by atoms with E-state index in [2.05, 4.69) is 58.5 Å². The molecule has 0 fully saturated rings. The van der Waals surface area contributed by atoms with Gasteiger partial charge in [0.15, 0.2) is 0 Å². The fourth-order valence-corrected chi connectivity index (χ4v) is 4.09. The van der Waals surface area contributed by atoms with E-state index in [0.29, 0.717) is 5.92 Å². The average molecular weight is 356 g/mol. The summed E-state index contributed by atoms with van der Waals surface area (Å²) >= 11 is 0. The van der Waals surface area contributed by atoms with Crippen molar-refractivity contribution in [3.8, 4) is 5.69 Å². The highest BCUT2D eigenvalue weighted by Gasteiger charge is 2.25. The quantitative estimate of drug-likeness (QED) is 0.600. The highest BCUT2D eigenvalue weighted by Crippen LogP contribution is 2.35. The zero-order valence-corrected chi connectivity index (χ0v) is 15.1. The van der Waals surface area contributed by atoms with Crippen LogP contribution in [0.2, 0.25) is 0 Å². The van der Waals surface area contributed by atoms with Crippen molar-refractivity contribution in [2.45, 2.75) is 12.5 Å². The van der Waals surface area contributed by atoms with E-state index in [1.165, 1.54) is 16.7 Å². The van der Waals surface area contributed by atoms with Gasteiger partial charge in [0, 0.05) is 42.3 Å². The number of H-pyrrole nitrogens is 1. The Hall–Kier alpha value is -3.18. The summed E-state index contributed by atoms with van der Waals surface area (Å²) in [6, 6.07) is 18.1. The summed E-state index contributed by atoms with van der Waals surface area (Å²) in [5, 5.41) is 8.28. The zero-order chi connectivity index (χ0) is 18.4. The number of benzene rings is 2. The minimum Gasteiger partial charge on any atom is -0.301 e. The number of hydrogen-bond acceptors (Lipinski definition) is 3. The van der Waals surface area contributed by atoms with Crippen molar-refractivity contribution in [2.75, 3.05) is 13.6 Å². The Morgan fingerprint density at radius 1 is 1.11 bits per heavy atom. The lowest BCUT2D eigenvalue weighted by Crippen LogP contribution is -2.31. The second-order valence-corrected chi connectivity index (χ2v) is 7.26. The smallest absolute Gasteiger partial charge is 0.255 e. The van der Waals surface area contributed by atoms with Crippen LogP contribution < -0.4 is 5.56 Å². The van der Waals surface area contributed by atoms with Gasteiger partial charge >= 0.3 is 0 Å². The van der Waals surface area contributed by atoms with E-state index >= 15 is 0 Å². The van der Waals surface area contributed by atoms with Gasteiger partial charge in [0.25, 0.3) is 5.56 Å². The van der Waals surface area contributed by atoms with Crippen LogP contribution >= 0.6 is 0 Å². The third-order valence-electron chi connectivity index (χ3n) is 5.40. The maximum Gasteiger partial charge on any atom is 0.255 e. The van der Waals surface area contributed by atoms with Crippen molar-refractivity contribution in [3.05, 3.63) is 94.0 Å². The lowest BCUT2D eigenvalue weighted by atomic mass is 9.84. The molecule has 2 aromatic carbocycles. The van der Waals surface area contributed by atoms with Gasteiger partial charge in [-0.2, -0.15) is 5.10 Å². The largest absolute Gasteiger partial charge is 0.301 e. The molecule has 0 saturated heterocycles. The fourth-order valence-electron chi connectivity index (χ4n) is 4.09. The molecule has 1 aliphatic heterocycles. The monoisotopic (exact) mass is 356 g/mol. The molecule has 5 heteroatoms. The normalized spacial score (nSPS) is 17.1. The van der Waals surface area contributed by atoms with Gasteiger partial charge in [-0.05, 0) is 54.1 Å². The number of fused-ring (bicyclic) bond motifs is 2. The first kappa shape index (κ1) is 16.0. The Bertz CT molecular complexity index is 1190. The Kier molecular flexibility index (Phi) is 3.69.